The zero-order valence-electron chi connectivity index (χ0n) is 8.31. The maximum atomic E-state index is 2.64. The van der Waals surface area contributed by atoms with Gasteiger partial charge >= 0.3 is 0 Å². The Morgan fingerprint density at radius 1 is 1.27 bits per heavy atom. The Labute approximate surface area is 71.2 Å². The van der Waals surface area contributed by atoms with Crippen LogP contribution in [0, 0.1) is 0 Å². The minimum Gasteiger partial charge on any atom is -0.312 e. The average Bonchev–Trinajstić information content (AvgIpc) is 2.06. The van der Waals surface area contributed by atoms with Gasteiger partial charge in [-0.15, -0.1) is 0 Å². The van der Waals surface area contributed by atoms with Crippen molar-refractivity contribution in [1.29, 1.82) is 0 Å². The van der Waals surface area contributed by atoms with Gasteiger partial charge in [0.15, 0.2) is 0 Å². The molecule has 0 fully saturated rings. The molecule has 0 bridgehead atoms. The second kappa shape index (κ2) is 2.46. The molecular weight excluding hydrogens is 150 g/mol. The fraction of sp³-hybridized carbons (Fsp3) is 0.778. The second-order valence-electron chi connectivity index (χ2n) is 4.84. The smallest absolute Gasteiger partial charge is 0.147 e. The van der Waals surface area contributed by atoms with Crippen LogP contribution in [0.15, 0.2) is 11.8 Å². The van der Waals surface area contributed by atoms with Crippen molar-refractivity contribution in [2.45, 2.75) is 39.4 Å². The summed E-state index contributed by atoms with van der Waals surface area (Å²) in [5.74, 6) is 0. The van der Waals surface area contributed by atoms with E-state index < -0.39 is 8.24 Å². The summed E-state index contributed by atoms with van der Waals surface area (Å²) in [6.45, 7) is 12.9. The molecule has 1 rings (SSSR count). The van der Waals surface area contributed by atoms with E-state index in [0.717, 1.165) is 6.54 Å². The third-order valence-electron chi connectivity index (χ3n) is 2.32. The lowest BCUT2D eigenvalue weighted by Crippen LogP contribution is -2.53. The molecule has 0 atom stereocenters. The summed E-state index contributed by atoms with van der Waals surface area (Å²) in [5.41, 5.74) is 2.78. The minimum absolute atomic E-state index is 0.346. The van der Waals surface area contributed by atoms with Gasteiger partial charge in [-0.3, -0.25) is 0 Å². The average molecular weight is 169 g/mol. The molecule has 0 aromatic rings. The predicted octanol–water partition coefficient (Wildman–Crippen LogP) is 2.40. The van der Waals surface area contributed by atoms with Crippen molar-refractivity contribution in [3.63, 3.8) is 0 Å². The van der Waals surface area contributed by atoms with Gasteiger partial charge < -0.3 is 4.57 Å². The number of nitrogens with zero attached hydrogens (tertiary/aromatic N) is 1. The molecule has 0 saturated heterocycles. The van der Waals surface area contributed by atoms with E-state index in [1.54, 1.807) is 0 Å². The first-order valence-electron chi connectivity index (χ1n) is 4.29. The van der Waals surface area contributed by atoms with Gasteiger partial charge in [-0.1, -0.05) is 24.9 Å². The Bertz CT molecular complexity index is 176. The van der Waals surface area contributed by atoms with E-state index in [2.05, 4.69) is 50.2 Å². The van der Waals surface area contributed by atoms with Crippen molar-refractivity contribution in [3.8, 4) is 0 Å². The van der Waals surface area contributed by atoms with Gasteiger partial charge in [0.05, 0.1) is 0 Å². The lowest BCUT2D eigenvalue weighted by atomic mass is 10.1. The maximum absolute atomic E-state index is 2.64. The van der Waals surface area contributed by atoms with E-state index >= 15 is 0 Å². The molecule has 1 aliphatic heterocycles. The molecule has 0 saturated carbocycles. The van der Waals surface area contributed by atoms with E-state index in [0.29, 0.717) is 5.54 Å². The van der Waals surface area contributed by atoms with Crippen LogP contribution in [0.2, 0.25) is 13.1 Å². The van der Waals surface area contributed by atoms with E-state index in [9.17, 15) is 0 Å². The quantitative estimate of drug-likeness (QED) is 0.503. The lowest BCUT2D eigenvalue weighted by Gasteiger charge is -2.40. The molecule has 11 heavy (non-hydrogen) atoms. The van der Waals surface area contributed by atoms with Crippen LogP contribution in [0.1, 0.15) is 20.8 Å². The van der Waals surface area contributed by atoms with Crippen LogP contribution in [0.3, 0.4) is 0 Å². The molecule has 0 spiro atoms. The fourth-order valence-corrected chi connectivity index (χ4v) is 5.08. The van der Waals surface area contributed by atoms with E-state index in [4.69, 9.17) is 0 Å². The molecule has 0 aromatic carbocycles. The van der Waals surface area contributed by atoms with Gasteiger partial charge in [0.1, 0.15) is 8.24 Å². The van der Waals surface area contributed by atoms with Gasteiger partial charge in [-0.2, -0.15) is 0 Å². The van der Waals surface area contributed by atoms with Crippen molar-refractivity contribution >= 4 is 8.24 Å². The number of hydrogen-bond acceptors (Lipinski definition) is 1. The summed E-state index contributed by atoms with van der Waals surface area (Å²) in [7, 11) is -1.15. The molecule has 2 heteroatoms. The first-order chi connectivity index (χ1) is 4.84. The van der Waals surface area contributed by atoms with Crippen LogP contribution in [-0.2, 0) is 0 Å². The van der Waals surface area contributed by atoms with Gasteiger partial charge in [0, 0.05) is 12.1 Å². The number of rotatable bonds is 0. The lowest BCUT2D eigenvalue weighted by molar-refractivity contribution is 0.270. The van der Waals surface area contributed by atoms with Gasteiger partial charge in [0.25, 0.3) is 0 Å². The van der Waals surface area contributed by atoms with Crippen LogP contribution in [0.4, 0.5) is 0 Å². The Morgan fingerprint density at radius 3 is 2.00 bits per heavy atom. The van der Waals surface area contributed by atoms with Gasteiger partial charge in [0.2, 0.25) is 0 Å². The highest BCUT2D eigenvalue weighted by Crippen LogP contribution is 2.26. The largest absolute Gasteiger partial charge is 0.312 e. The first kappa shape index (κ1) is 9.01. The number of hydrogen-bond donors (Lipinski definition) is 0. The van der Waals surface area contributed by atoms with Gasteiger partial charge in [-0.25, -0.2) is 0 Å². The van der Waals surface area contributed by atoms with Crippen molar-refractivity contribution in [2.24, 2.45) is 0 Å². The maximum Gasteiger partial charge on any atom is 0.147 e. The molecule has 0 amide bonds. The Kier molecular flexibility index (Phi) is 2.01. The Hall–Kier alpha value is -0.0831. The summed E-state index contributed by atoms with van der Waals surface area (Å²) in [5, 5.41) is 0. The molecule has 0 N–H and O–H groups in total. The van der Waals surface area contributed by atoms with Crippen molar-refractivity contribution < 1.29 is 0 Å². The van der Waals surface area contributed by atoms with Crippen LogP contribution in [-0.4, -0.2) is 24.9 Å². The Morgan fingerprint density at radius 2 is 1.82 bits per heavy atom. The zero-order valence-corrected chi connectivity index (χ0v) is 9.31. The minimum atomic E-state index is -1.15. The summed E-state index contributed by atoms with van der Waals surface area (Å²) >= 11 is 0. The molecular formula is C9H19NSi. The molecule has 64 valence electrons. The second-order valence-corrected chi connectivity index (χ2v) is 9.02. The monoisotopic (exact) mass is 169 g/mol. The van der Waals surface area contributed by atoms with Crippen LogP contribution < -0.4 is 0 Å². The van der Waals surface area contributed by atoms with E-state index in [-0.39, 0.29) is 0 Å². The molecule has 1 aliphatic rings. The first-order valence-corrected chi connectivity index (χ1v) is 7.32. The third-order valence-corrected chi connectivity index (χ3v) is 5.62. The topological polar surface area (TPSA) is 3.24 Å². The van der Waals surface area contributed by atoms with Crippen LogP contribution >= 0.6 is 0 Å². The SMILES string of the molecule is CC(C)(C)N1CC=C[Si]1(C)C. The van der Waals surface area contributed by atoms with Crippen molar-refractivity contribution in [1.82, 2.24) is 4.57 Å². The van der Waals surface area contributed by atoms with Crippen molar-refractivity contribution in [2.75, 3.05) is 6.54 Å². The predicted molar refractivity (Wildman–Crippen MR) is 53.1 cm³/mol. The molecule has 1 nitrogen and oxygen atoms in total. The molecule has 0 aromatic heterocycles. The van der Waals surface area contributed by atoms with E-state index in [1.807, 2.05) is 0 Å². The Balaban J connectivity index is 2.78. The van der Waals surface area contributed by atoms with Crippen LogP contribution in [0.5, 0.6) is 0 Å². The highest BCUT2D eigenvalue weighted by Gasteiger charge is 2.36. The highest BCUT2D eigenvalue weighted by atomic mass is 28.3. The summed E-state index contributed by atoms with van der Waals surface area (Å²) in [4.78, 5) is 0. The van der Waals surface area contributed by atoms with E-state index in [1.165, 1.54) is 0 Å². The summed E-state index contributed by atoms with van der Waals surface area (Å²) < 4.78 is 2.64. The molecule has 0 unspecified atom stereocenters. The van der Waals surface area contributed by atoms with Crippen LogP contribution in [0.25, 0.3) is 0 Å². The van der Waals surface area contributed by atoms with Crippen molar-refractivity contribution in [3.05, 3.63) is 11.8 Å². The third kappa shape index (κ3) is 1.74. The normalized spacial score (nSPS) is 24.5. The van der Waals surface area contributed by atoms with Gasteiger partial charge in [-0.05, 0) is 20.8 Å². The zero-order chi connectivity index (χ0) is 8.70. The summed E-state index contributed by atoms with van der Waals surface area (Å²) in [6, 6.07) is 0. The fourth-order valence-electron chi connectivity index (χ4n) is 1.91. The molecule has 0 radical (unpaired) electrons. The summed E-state index contributed by atoms with van der Waals surface area (Å²) in [6.07, 6.45) is 2.32. The molecule has 0 aliphatic carbocycles. The molecule has 1 heterocycles. The standard InChI is InChI=1S/C9H19NSi/c1-9(2,3)10-7-6-8-11(10,4)5/h6,8H,7H2,1-5H3. The highest BCUT2D eigenvalue weighted by molar-refractivity contribution is 6.80.